The van der Waals surface area contributed by atoms with Gasteiger partial charge in [0, 0.05) is 10.5 Å². The second-order valence-corrected chi connectivity index (χ2v) is 8.98. The molecule has 4 nitrogen and oxygen atoms in total. The fourth-order valence-electron chi connectivity index (χ4n) is 2.37. The molecule has 0 bridgehead atoms. The minimum atomic E-state index is -1.05. The number of carbonyl (C=O) groups is 2. The molecule has 156 valence electrons. The summed E-state index contributed by atoms with van der Waals surface area (Å²) < 4.78 is 0. The van der Waals surface area contributed by atoms with Crippen LogP contribution >= 0.6 is 25.3 Å². The Bertz CT molecular complexity index is 332. The molecule has 0 saturated carbocycles. The number of rotatable bonds is 14. The summed E-state index contributed by atoms with van der Waals surface area (Å²) in [5.41, 5.74) is 0. The zero-order valence-electron chi connectivity index (χ0n) is 17.6. The van der Waals surface area contributed by atoms with Crippen LogP contribution in [0.1, 0.15) is 91.9 Å². The normalized spacial score (nSPS) is 12.7. The van der Waals surface area contributed by atoms with Crippen LogP contribution in [0.25, 0.3) is 0 Å². The van der Waals surface area contributed by atoms with Gasteiger partial charge in [-0.25, -0.2) is 0 Å². The Morgan fingerprint density at radius 2 is 0.889 bits per heavy atom. The zero-order chi connectivity index (χ0) is 20.5. The van der Waals surface area contributed by atoms with Crippen LogP contribution in [0.5, 0.6) is 0 Å². The molecule has 0 aliphatic carbocycles. The minimum Gasteiger partial charge on any atom is -0.549 e. The first-order valence-corrected chi connectivity index (χ1v) is 10.9. The fraction of sp³-hybridized carbons (Fsp3) is 0.900. The molecule has 7 heteroatoms. The van der Waals surface area contributed by atoms with Crippen LogP contribution in [0, 0.1) is 11.8 Å². The van der Waals surface area contributed by atoms with Gasteiger partial charge in [0.05, 0.1) is 11.9 Å². The summed E-state index contributed by atoms with van der Waals surface area (Å²) in [4.78, 5) is 20.6. The van der Waals surface area contributed by atoms with Gasteiger partial charge in [0.1, 0.15) is 0 Å². The first-order valence-electron chi connectivity index (χ1n) is 9.85. The van der Waals surface area contributed by atoms with E-state index in [0.29, 0.717) is 12.8 Å². The molecule has 0 amide bonds. The third-order valence-corrected chi connectivity index (χ3v) is 5.00. The molecule has 0 spiro atoms. The van der Waals surface area contributed by atoms with Crippen molar-refractivity contribution < 1.29 is 19.8 Å². The van der Waals surface area contributed by atoms with Gasteiger partial charge < -0.3 is 19.8 Å². The summed E-state index contributed by atoms with van der Waals surface area (Å²) in [7, 11) is 0. The summed E-state index contributed by atoms with van der Waals surface area (Å²) in [6.45, 7) is 8.79. The van der Waals surface area contributed by atoms with Crippen molar-refractivity contribution in [1.82, 2.24) is 0 Å². The van der Waals surface area contributed by atoms with Crippen molar-refractivity contribution in [1.29, 1.82) is 0 Å². The summed E-state index contributed by atoms with van der Waals surface area (Å²) in [5, 5.41) is 19.4. The van der Waals surface area contributed by atoms with E-state index in [1.165, 1.54) is 25.7 Å². The molecular formula is C20H38CaO4S2. The fourth-order valence-corrected chi connectivity index (χ4v) is 2.73. The largest absolute Gasteiger partial charge is 2.00 e. The monoisotopic (exact) mass is 446 g/mol. The van der Waals surface area contributed by atoms with E-state index in [1.54, 1.807) is 0 Å². The molecule has 2 unspecified atom stereocenters. The predicted molar refractivity (Wildman–Crippen MR) is 117 cm³/mol. The Morgan fingerprint density at radius 3 is 1.11 bits per heavy atom. The van der Waals surface area contributed by atoms with Gasteiger partial charge in [-0.2, -0.15) is 25.3 Å². The molecule has 0 rings (SSSR count). The Hall–Kier alpha value is 0.900. The van der Waals surface area contributed by atoms with E-state index in [4.69, 9.17) is 0 Å². The molecule has 0 aromatic carbocycles. The number of hydrogen-bond donors (Lipinski definition) is 2. The van der Waals surface area contributed by atoms with Gasteiger partial charge in [0.2, 0.25) is 0 Å². The molecule has 0 aromatic heterocycles. The van der Waals surface area contributed by atoms with E-state index in [0.717, 1.165) is 37.5 Å². The molecule has 0 aliphatic heterocycles. The minimum absolute atomic E-state index is 0. The maximum Gasteiger partial charge on any atom is 2.00 e. The van der Waals surface area contributed by atoms with Gasteiger partial charge in [-0.15, -0.1) is 0 Å². The van der Waals surface area contributed by atoms with Gasteiger partial charge in [-0.1, -0.05) is 79.1 Å². The number of hydrogen-bond acceptors (Lipinski definition) is 6. The van der Waals surface area contributed by atoms with Crippen molar-refractivity contribution in [2.75, 3.05) is 0 Å². The van der Waals surface area contributed by atoms with E-state index >= 15 is 0 Å². The average molecular weight is 447 g/mol. The predicted octanol–water partition coefficient (Wildman–Crippen LogP) is 2.90. The van der Waals surface area contributed by atoms with Crippen LogP contribution in [0.2, 0.25) is 0 Å². The van der Waals surface area contributed by atoms with Gasteiger partial charge in [0.15, 0.2) is 0 Å². The average Bonchev–Trinajstić information content (AvgIpc) is 2.53. The zero-order valence-corrected chi connectivity index (χ0v) is 21.6. The summed E-state index contributed by atoms with van der Waals surface area (Å²) >= 11 is 7.81. The summed E-state index contributed by atoms with van der Waals surface area (Å²) in [6, 6.07) is 0. The van der Waals surface area contributed by atoms with E-state index in [9.17, 15) is 19.8 Å². The van der Waals surface area contributed by atoms with Crippen LogP contribution in [0.3, 0.4) is 0 Å². The summed E-state index contributed by atoms with van der Waals surface area (Å²) in [6.07, 6.45) is 10.2. The van der Waals surface area contributed by atoms with Gasteiger partial charge in [0.25, 0.3) is 0 Å². The third kappa shape index (κ3) is 26.9. The topological polar surface area (TPSA) is 80.3 Å². The van der Waals surface area contributed by atoms with Gasteiger partial charge in [-0.05, 0) is 24.7 Å². The van der Waals surface area contributed by atoms with Crippen molar-refractivity contribution in [3.05, 3.63) is 0 Å². The Labute approximate surface area is 207 Å². The van der Waals surface area contributed by atoms with Crippen molar-refractivity contribution in [3.63, 3.8) is 0 Å². The molecule has 0 N–H and O–H groups in total. The molecule has 2 atom stereocenters. The molecule has 27 heavy (non-hydrogen) atoms. The molecule has 0 fully saturated rings. The maximum atomic E-state index is 10.3. The van der Waals surface area contributed by atoms with Crippen molar-refractivity contribution in [2.24, 2.45) is 11.8 Å². The van der Waals surface area contributed by atoms with E-state index < -0.39 is 22.4 Å². The Kier molecular flexibility index (Phi) is 26.1. The molecule has 0 radical (unpaired) electrons. The number of carboxylic acids is 2. The second kappa shape index (κ2) is 21.6. The maximum absolute atomic E-state index is 10.3. The van der Waals surface area contributed by atoms with Crippen LogP contribution in [-0.2, 0) is 9.59 Å². The molecule has 0 heterocycles. The first-order chi connectivity index (χ1) is 12.1. The Morgan fingerprint density at radius 1 is 0.630 bits per heavy atom. The first kappa shape index (κ1) is 32.6. The van der Waals surface area contributed by atoms with Crippen LogP contribution in [0.4, 0.5) is 0 Å². The van der Waals surface area contributed by atoms with Gasteiger partial charge >= 0.3 is 37.7 Å². The number of carbonyl (C=O) groups excluding carboxylic acids is 2. The smallest absolute Gasteiger partial charge is 0.549 e. The van der Waals surface area contributed by atoms with E-state index in [1.807, 2.05) is 0 Å². The van der Waals surface area contributed by atoms with Gasteiger partial charge in [-0.3, -0.25) is 0 Å². The van der Waals surface area contributed by atoms with E-state index in [-0.39, 0.29) is 37.7 Å². The number of aliphatic carboxylic acids is 2. The number of thiol groups is 2. The standard InChI is InChI=1S/2C10H20O2S.Ca/c2*1-8(2)6-4-3-5-7-9(13)10(11)12;/h2*8-9,13H,3-7H2,1-2H3,(H,11,12);/q;;+2/p-2. The molecule has 0 aliphatic rings. The molecule has 0 saturated heterocycles. The molecular weight excluding hydrogens is 408 g/mol. The second-order valence-electron chi connectivity index (χ2n) is 7.73. The summed E-state index contributed by atoms with van der Waals surface area (Å²) in [5.74, 6) is -0.611. The van der Waals surface area contributed by atoms with Crippen molar-refractivity contribution >= 4 is 74.9 Å². The third-order valence-electron chi connectivity index (χ3n) is 4.06. The quantitative estimate of drug-likeness (QED) is 0.244. The SMILES string of the molecule is CC(C)CCCCCC(S)C(=O)[O-].CC(C)CCCCCC(S)C(=O)[O-].[Ca+2]. The van der Waals surface area contributed by atoms with Crippen LogP contribution in [0.15, 0.2) is 0 Å². The molecule has 0 aromatic rings. The van der Waals surface area contributed by atoms with Crippen molar-refractivity contribution in [2.45, 2.75) is 102 Å². The van der Waals surface area contributed by atoms with Crippen molar-refractivity contribution in [3.8, 4) is 0 Å². The van der Waals surface area contributed by atoms with Crippen LogP contribution in [-0.4, -0.2) is 60.2 Å². The van der Waals surface area contributed by atoms with E-state index in [2.05, 4.69) is 53.0 Å². The number of carboxylic acid groups (broad SMARTS) is 2. The van der Waals surface area contributed by atoms with Crippen LogP contribution < -0.4 is 10.2 Å². The number of unbranched alkanes of at least 4 members (excludes halogenated alkanes) is 4. The Balaban J connectivity index is -0.000000411.